The number of thiophene rings is 1. The van der Waals surface area contributed by atoms with E-state index in [4.69, 9.17) is 0 Å². The summed E-state index contributed by atoms with van der Waals surface area (Å²) in [5.41, 5.74) is 5.03. The maximum Gasteiger partial charge on any atom is 0.349 e. The van der Waals surface area contributed by atoms with E-state index in [-0.39, 0.29) is 10.2 Å². The first-order chi connectivity index (χ1) is 20.5. The van der Waals surface area contributed by atoms with Crippen LogP contribution in [0.3, 0.4) is 0 Å². The van der Waals surface area contributed by atoms with Crippen LogP contribution >= 0.6 is 22.7 Å². The fraction of sp³-hybridized carbons (Fsp3) is 0.206. The Morgan fingerprint density at radius 1 is 1.10 bits per heavy atom. The lowest BCUT2D eigenvalue weighted by atomic mass is 9.96. The number of aliphatic carboxylic acids is 1. The Balaban J connectivity index is 1.31. The highest BCUT2D eigenvalue weighted by Crippen LogP contribution is 2.52. The van der Waals surface area contributed by atoms with E-state index >= 15 is 0 Å². The number of fused-ring (bicyclic) bond motifs is 3. The minimum absolute atomic E-state index is 0.184. The molecular weight excluding hydrogens is 563 g/mol. The third-order valence-corrected chi connectivity index (χ3v) is 9.93. The Bertz CT molecular complexity index is 1920. The van der Waals surface area contributed by atoms with Gasteiger partial charge in [0.05, 0.1) is 4.53 Å². The summed E-state index contributed by atoms with van der Waals surface area (Å²) in [7, 11) is 0. The summed E-state index contributed by atoms with van der Waals surface area (Å²) in [4.78, 5) is 28.4. The first-order valence-electron chi connectivity index (χ1n) is 14.0. The van der Waals surface area contributed by atoms with Gasteiger partial charge in [0.15, 0.2) is 5.57 Å². The van der Waals surface area contributed by atoms with E-state index in [1.807, 2.05) is 12.1 Å². The molecule has 2 atom stereocenters. The van der Waals surface area contributed by atoms with Gasteiger partial charge in [0.2, 0.25) is 0 Å². The predicted molar refractivity (Wildman–Crippen MR) is 172 cm³/mol. The van der Waals surface area contributed by atoms with Gasteiger partial charge in [-0.15, -0.1) is 22.7 Å². The predicted octanol–water partition coefficient (Wildman–Crippen LogP) is 6.09. The SMILES string of the molecule is CCn1c(=C(C#N)C(=O)O)sc(=Cc2ccc3c(c2)C2CCCC2N3c2ccc(C=CC=Cc3cccs3)cc2)c1=O. The summed E-state index contributed by atoms with van der Waals surface area (Å²) in [6, 6.07) is 21.3. The molecule has 2 unspecified atom stereocenters. The molecule has 1 fully saturated rings. The minimum atomic E-state index is -1.33. The lowest BCUT2D eigenvalue weighted by molar-refractivity contribution is -0.130. The van der Waals surface area contributed by atoms with Crippen molar-refractivity contribution >= 4 is 63.8 Å². The fourth-order valence-corrected chi connectivity index (χ4v) is 7.87. The highest BCUT2D eigenvalue weighted by Gasteiger charge is 2.42. The van der Waals surface area contributed by atoms with Crippen molar-refractivity contribution < 1.29 is 9.90 Å². The second-order valence-electron chi connectivity index (χ2n) is 10.4. The van der Waals surface area contributed by atoms with Crippen molar-refractivity contribution in [2.45, 2.75) is 44.7 Å². The average molecular weight is 592 g/mol. The molecular formula is C34H29N3O3S2. The van der Waals surface area contributed by atoms with E-state index in [9.17, 15) is 20.0 Å². The van der Waals surface area contributed by atoms with Gasteiger partial charge in [-0.25, -0.2) is 4.79 Å². The molecule has 0 bridgehead atoms. The van der Waals surface area contributed by atoms with Crippen LogP contribution in [-0.2, 0) is 11.3 Å². The van der Waals surface area contributed by atoms with Gasteiger partial charge < -0.3 is 10.0 Å². The van der Waals surface area contributed by atoms with E-state index < -0.39 is 11.5 Å². The Morgan fingerprint density at radius 2 is 1.88 bits per heavy atom. The topological polar surface area (TPSA) is 86.3 Å². The molecule has 3 heterocycles. The number of carbonyl (C=O) groups is 1. The van der Waals surface area contributed by atoms with Crippen molar-refractivity contribution in [1.29, 1.82) is 5.26 Å². The second-order valence-corrected chi connectivity index (χ2v) is 12.4. The molecule has 4 aromatic rings. The number of thiazole rings is 1. The fourth-order valence-electron chi connectivity index (χ4n) is 6.08. The number of hydrogen-bond acceptors (Lipinski definition) is 6. The van der Waals surface area contributed by atoms with Gasteiger partial charge in [-0.05, 0) is 84.3 Å². The summed E-state index contributed by atoms with van der Waals surface area (Å²) in [6.07, 6.45) is 13.6. The molecule has 210 valence electrons. The third-order valence-electron chi connectivity index (χ3n) is 7.96. The minimum Gasteiger partial charge on any atom is -0.477 e. The number of benzene rings is 2. The van der Waals surface area contributed by atoms with Gasteiger partial charge in [0, 0.05) is 34.8 Å². The number of anilines is 2. The zero-order chi connectivity index (χ0) is 29.2. The highest BCUT2D eigenvalue weighted by atomic mass is 32.1. The summed E-state index contributed by atoms with van der Waals surface area (Å²) in [6.45, 7) is 2.06. The summed E-state index contributed by atoms with van der Waals surface area (Å²) in [5, 5.41) is 20.9. The molecule has 1 aliphatic carbocycles. The Kier molecular flexibility index (Phi) is 7.79. The number of carboxylic acids is 1. The molecule has 1 aliphatic heterocycles. The van der Waals surface area contributed by atoms with Crippen molar-refractivity contribution in [3.05, 3.63) is 113 Å². The lowest BCUT2D eigenvalue weighted by Crippen LogP contribution is -2.32. The van der Waals surface area contributed by atoms with Crippen molar-refractivity contribution in [3.8, 4) is 6.07 Å². The second kappa shape index (κ2) is 11.8. The molecule has 2 aromatic carbocycles. The molecule has 0 spiro atoms. The number of rotatable bonds is 7. The maximum atomic E-state index is 13.1. The zero-order valence-electron chi connectivity index (χ0n) is 23.1. The smallest absolute Gasteiger partial charge is 0.349 e. The van der Waals surface area contributed by atoms with Crippen molar-refractivity contribution in [2.24, 2.45) is 0 Å². The molecule has 0 amide bonds. The van der Waals surface area contributed by atoms with E-state index in [0.717, 1.165) is 35.3 Å². The summed E-state index contributed by atoms with van der Waals surface area (Å²) < 4.78 is 1.97. The first-order valence-corrected chi connectivity index (χ1v) is 15.7. The van der Waals surface area contributed by atoms with Gasteiger partial charge in [-0.3, -0.25) is 9.36 Å². The monoisotopic (exact) mass is 591 g/mol. The number of aromatic nitrogens is 1. The standard InChI is InChI=1S/C34H29N3O3S2/c1-2-36-32(38)31(42-33(36)28(21-35)34(39)40)20-23-14-17-30-27(19-23)26-10-5-11-29(26)37(30)24-15-12-22(13-16-24)7-3-4-8-25-9-6-18-41-25/h3-4,6-9,12-20,26,29H,2,5,10-11H2,1H3,(H,39,40). The number of nitrogens with zero attached hydrogens (tertiary/aromatic N) is 3. The maximum absolute atomic E-state index is 13.1. The molecule has 0 saturated heterocycles. The van der Waals surface area contributed by atoms with Crippen LogP contribution in [0.4, 0.5) is 11.4 Å². The van der Waals surface area contributed by atoms with Crippen LogP contribution in [-0.4, -0.2) is 21.7 Å². The van der Waals surface area contributed by atoms with E-state index in [2.05, 4.69) is 83.1 Å². The van der Waals surface area contributed by atoms with Crippen LogP contribution in [0.25, 0.3) is 23.8 Å². The van der Waals surface area contributed by atoms with Crippen molar-refractivity contribution in [2.75, 3.05) is 4.90 Å². The molecule has 42 heavy (non-hydrogen) atoms. The van der Waals surface area contributed by atoms with E-state index in [1.165, 1.54) is 32.8 Å². The largest absolute Gasteiger partial charge is 0.477 e. The lowest BCUT2D eigenvalue weighted by Gasteiger charge is -2.27. The number of allylic oxidation sites excluding steroid dienone is 2. The number of nitriles is 1. The molecule has 8 heteroatoms. The van der Waals surface area contributed by atoms with Crippen LogP contribution in [0.1, 0.15) is 53.7 Å². The van der Waals surface area contributed by atoms with Crippen LogP contribution < -0.4 is 19.7 Å². The molecule has 2 aromatic heterocycles. The molecule has 6 nitrogen and oxygen atoms in total. The van der Waals surface area contributed by atoms with Crippen LogP contribution in [0, 0.1) is 11.3 Å². The Labute approximate surface area is 251 Å². The number of carboxylic acid groups (broad SMARTS) is 1. The molecule has 0 radical (unpaired) electrons. The van der Waals surface area contributed by atoms with Gasteiger partial charge in [-0.1, -0.05) is 48.9 Å². The van der Waals surface area contributed by atoms with E-state index in [0.29, 0.717) is 23.0 Å². The van der Waals surface area contributed by atoms with E-state index in [1.54, 1.807) is 24.3 Å². The van der Waals surface area contributed by atoms with Crippen molar-refractivity contribution in [3.63, 3.8) is 0 Å². The summed E-state index contributed by atoms with van der Waals surface area (Å²) in [5.74, 6) is -0.903. The van der Waals surface area contributed by atoms with Gasteiger partial charge >= 0.3 is 5.97 Å². The Morgan fingerprint density at radius 3 is 2.60 bits per heavy atom. The molecule has 1 N–H and O–H groups in total. The van der Waals surface area contributed by atoms with Crippen LogP contribution in [0.2, 0.25) is 0 Å². The Hall–Kier alpha value is -4.45. The van der Waals surface area contributed by atoms with Crippen molar-refractivity contribution in [1.82, 2.24) is 4.57 Å². The summed E-state index contributed by atoms with van der Waals surface area (Å²) >= 11 is 2.78. The van der Waals surface area contributed by atoms with Gasteiger partial charge in [0.25, 0.3) is 5.56 Å². The third kappa shape index (κ3) is 5.18. The quantitative estimate of drug-likeness (QED) is 0.263. The normalized spacial score (nSPS) is 19.0. The highest BCUT2D eigenvalue weighted by molar-refractivity contribution is 7.10. The van der Waals surface area contributed by atoms with Gasteiger partial charge in [-0.2, -0.15) is 5.26 Å². The number of hydrogen-bond donors (Lipinski definition) is 1. The van der Waals surface area contributed by atoms with Gasteiger partial charge in [0.1, 0.15) is 10.7 Å². The van der Waals surface area contributed by atoms with Crippen LogP contribution in [0.5, 0.6) is 0 Å². The average Bonchev–Trinajstić information content (AvgIpc) is 3.78. The zero-order valence-corrected chi connectivity index (χ0v) is 24.7. The molecule has 2 aliphatic rings. The molecule has 1 saturated carbocycles. The molecule has 6 rings (SSSR count). The first kappa shape index (κ1) is 27.7. The van der Waals surface area contributed by atoms with Crippen LogP contribution in [0.15, 0.2) is 76.9 Å².